The average Bonchev–Trinajstić information content (AvgIpc) is 1.30. The molecule has 0 saturated carbocycles. The summed E-state index contributed by atoms with van der Waals surface area (Å²) in [5, 5.41) is 33.2. The van der Waals surface area contributed by atoms with E-state index in [9.17, 15) is 53.4 Å². The number of unbranched alkanes of at least 4 members (excludes halogenated alkanes) is 36. The summed E-state index contributed by atoms with van der Waals surface area (Å²) in [6.45, 7) is 6.54. The SMILES string of the molecule is CCCCCCCCCCCCCCCC(=O)N[C@@H](CSCC(COC(=O)CCCCCCCCCCCCCCC)OC(=O)CCCCCCCCCCCCCCC)C(=O)N[C@@H](CCCN=C(N)N)C(=O)N1CCC[C@H]1C(=O)N[C@@H](CC(=O)O)C(=O)N[C@@H](CCCN=C(N)N)C(=O)N[C@@H](Cc1ccc(O)cc1)C(N)=O. The Morgan fingerprint density at radius 3 is 1.32 bits per heavy atom. The van der Waals surface area contributed by atoms with Gasteiger partial charge in [-0.05, 0) is 75.5 Å². The van der Waals surface area contributed by atoms with Gasteiger partial charge in [-0.2, -0.15) is 11.8 Å². The number of guanidine groups is 2. The van der Waals surface area contributed by atoms with Crippen LogP contribution in [0.3, 0.4) is 0 Å². The van der Waals surface area contributed by atoms with Crippen LogP contribution in [0.15, 0.2) is 34.3 Å². The minimum absolute atomic E-state index is 0.00871. The predicted octanol–water partition coefficient (Wildman–Crippen LogP) is 12.0. The number of nitrogens with zero attached hydrogens (tertiary/aromatic N) is 3. The average molecular weight is 1600 g/mol. The zero-order valence-electron chi connectivity index (χ0n) is 68.9. The zero-order chi connectivity index (χ0) is 82.2. The molecule has 0 spiro atoms. The third-order valence-corrected chi connectivity index (χ3v) is 21.6. The summed E-state index contributed by atoms with van der Waals surface area (Å²) in [6.07, 6.45) is 43.5. The highest BCUT2D eigenvalue weighted by Crippen LogP contribution is 2.23. The molecule has 7 amide bonds. The topological polar surface area (TPSA) is 448 Å². The molecule has 1 aliphatic heterocycles. The highest BCUT2D eigenvalue weighted by atomic mass is 32.2. The predicted molar refractivity (Wildman–Crippen MR) is 447 cm³/mol. The first-order valence-electron chi connectivity index (χ1n) is 43.2. The van der Waals surface area contributed by atoms with Gasteiger partial charge in [0.05, 0.1) is 6.42 Å². The molecule has 28 heteroatoms. The van der Waals surface area contributed by atoms with Crippen LogP contribution in [0.1, 0.15) is 341 Å². The van der Waals surface area contributed by atoms with Gasteiger partial charge >= 0.3 is 17.9 Å². The number of primary amides is 1. The lowest BCUT2D eigenvalue weighted by Crippen LogP contribution is -2.59. The third-order valence-electron chi connectivity index (χ3n) is 20.5. The van der Waals surface area contributed by atoms with Crippen LogP contribution in [0, 0.1) is 0 Å². The summed E-state index contributed by atoms with van der Waals surface area (Å²) >= 11 is 1.21. The third kappa shape index (κ3) is 52.1. The van der Waals surface area contributed by atoms with Crippen LogP contribution in [-0.2, 0) is 63.8 Å². The van der Waals surface area contributed by atoms with E-state index in [2.05, 4.69) is 57.3 Å². The van der Waals surface area contributed by atoms with E-state index in [4.69, 9.17) is 38.1 Å². The van der Waals surface area contributed by atoms with E-state index in [1.54, 1.807) is 0 Å². The number of benzene rings is 1. The van der Waals surface area contributed by atoms with Gasteiger partial charge in [0.25, 0.3) is 0 Å². The van der Waals surface area contributed by atoms with E-state index in [1.165, 1.54) is 201 Å². The van der Waals surface area contributed by atoms with Crippen LogP contribution in [0.25, 0.3) is 0 Å². The number of aromatic hydroxyl groups is 1. The second kappa shape index (κ2) is 66.0. The number of nitrogens with two attached hydrogens (primary N) is 5. The zero-order valence-corrected chi connectivity index (χ0v) is 69.7. The second-order valence-electron chi connectivity index (χ2n) is 30.6. The number of thioether (sulfide) groups is 1. The van der Waals surface area contributed by atoms with Gasteiger partial charge in [-0.1, -0.05) is 264 Å². The van der Waals surface area contributed by atoms with Crippen molar-refractivity contribution < 1.29 is 67.6 Å². The highest BCUT2D eigenvalue weighted by Gasteiger charge is 2.40. The molecule has 2 rings (SSSR count). The molecule has 1 aromatic rings. The number of amides is 7. The summed E-state index contributed by atoms with van der Waals surface area (Å²) in [4.78, 5) is 148. The number of hydrogen-bond acceptors (Lipinski definition) is 16. The standard InChI is InChI=1S/C84H149N13O14S/c1-4-7-10-13-16-19-22-25-28-31-34-37-40-49-73(99)92-71(63-112-62-66(111-76(103)51-42-39-36-33-30-27-24-21-18-15-12-9-6-3)61-110-75(102)50-41-38-35-32-29-26-23-20-17-14-11-8-5-2)80(107)94-68(47-44-57-91-84(88)89)82(109)97-58-45-48-72(97)81(108)96-70(60-74(100)101)79(106)93-67(46-43-56-90-83(86)87)78(105)95-69(77(85)104)59-64-52-54-65(98)55-53-64/h52-55,66-72,98H,4-51,56-63H2,1-3H3,(H2,85,104)(H,92,99)(H,93,106)(H,94,107)(H,95,105)(H,96,108)(H,100,101)(H4,86,87,90)(H4,88,89,91)/t66?,67-,68-,69-,70-,71-,72-/m0/s1. The molecule has 1 fully saturated rings. The number of hydrogen-bond donors (Lipinski definition) is 12. The van der Waals surface area contributed by atoms with Crippen molar-refractivity contribution in [2.24, 2.45) is 38.7 Å². The minimum atomic E-state index is -1.82. The normalized spacial score (nSPS) is 14.2. The molecule has 27 nitrogen and oxygen atoms in total. The van der Waals surface area contributed by atoms with Gasteiger partial charge in [0, 0.05) is 56.8 Å². The first-order valence-corrected chi connectivity index (χ1v) is 44.4. The van der Waals surface area contributed by atoms with Crippen LogP contribution in [0.4, 0.5) is 0 Å². The van der Waals surface area contributed by atoms with E-state index in [0.717, 1.165) is 70.6 Å². The van der Waals surface area contributed by atoms with Gasteiger partial charge in [0.2, 0.25) is 41.4 Å². The molecule has 1 aliphatic rings. The van der Waals surface area contributed by atoms with Crippen molar-refractivity contribution in [3.8, 4) is 5.75 Å². The maximum absolute atomic E-state index is 15.1. The number of esters is 2. The van der Waals surface area contributed by atoms with E-state index in [1.807, 2.05) is 0 Å². The number of phenols is 1. The van der Waals surface area contributed by atoms with Crippen molar-refractivity contribution in [2.45, 2.75) is 384 Å². The summed E-state index contributed by atoms with van der Waals surface area (Å²) in [5.41, 5.74) is 28.7. The Bertz CT molecular complexity index is 2830. The van der Waals surface area contributed by atoms with E-state index in [-0.39, 0.29) is 120 Å². The molecule has 0 bridgehead atoms. The lowest BCUT2D eigenvalue weighted by Gasteiger charge is -2.31. The summed E-state index contributed by atoms with van der Waals surface area (Å²) in [6, 6.07) is -2.62. The monoisotopic (exact) mass is 1600 g/mol. The molecule has 17 N–H and O–H groups in total. The molecule has 112 heavy (non-hydrogen) atoms. The summed E-state index contributed by atoms with van der Waals surface area (Å²) < 4.78 is 11.8. The molecular weight excluding hydrogens is 1450 g/mol. The minimum Gasteiger partial charge on any atom is -0.508 e. The van der Waals surface area contributed by atoms with Crippen molar-refractivity contribution in [1.82, 2.24) is 31.5 Å². The molecule has 1 unspecified atom stereocenters. The van der Waals surface area contributed by atoms with E-state index < -0.39 is 108 Å². The Balaban J connectivity index is 2.43. The van der Waals surface area contributed by atoms with Gasteiger partial charge < -0.3 is 79.8 Å². The van der Waals surface area contributed by atoms with Crippen molar-refractivity contribution in [3.63, 3.8) is 0 Å². The van der Waals surface area contributed by atoms with Crippen LogP contribution in [-0.4, -0.2) is 166 Å². The Morgan fingerprint density at radius 2 is 0.875 bits per heavy atom. The Kier molecular flexibility index (Phi) is 59.3. The fraction of sp³-hybridized carbons (Fsp3) is 0.786. The lowest BCUT2D eigenvalue weighted by atomic mass is 10.0. The molecule has 7 atom stereocenters. The van der Waals surface area contributed by atoms with Gasteiger partial charge in [0.1, 0.15) is 54.7 Å². The number of aliphatic carboxylic acids is 1. The molecular formula is C84H149N13O14S. The number of aliphatic imine (C=N–C) groups is 2. The first-order chi connectivity index (χ1) is 54.1. The second-order valence-corrected chi connectivity index (χ2v) is 31.7. The van der Waals surface area contributed by atoms with Crippen molar-refractivity contribution in [1.29, 1.82) is 0 Å². The summed E-state index contributed by atoms with van der Waals surface area (Å²) in [5.74, 6) is -8.42. The molecule has 640 valence electrons. The van der Waals surface area contributed by atoms with Crippen molar-refractivity contribution in [2.75, 3.05) is 37.7 Å². The number of carboxylic acids is 1. The first kappa shape index (κ1) is 101. The molecule has 0 aliphatic carbocycles. The smallest absolute Gasteiger partial charge is 0.306 e. The maximum atomic E-state index is 15.1. The highest BCUT2D eigenvalue weighted by molar-refractivity contribution is 7.99. The van der Waals surface area contributed by atoms with Gasteiger partial charge in [-0.3, -0.25) is 57.9 Å². The van der Waals surface area contributed by atoms with Crippen LogP contribution in [0.2, 0.25) is 0 Å². The van der Waals surface area contributed by atoms with Crippen molar-refractivity contribution in [3.05, 3.63) is 29.8 Å². The molecule has 0 radical (unpaired) electrons. The van der Waals surface area contributed by atoms with Crippen LogP contribution < -0.4 is 55.3 Å². The Morgan fingerprint density at radius 1 is 0.473 bits per heavy atom. The van der Waals surface area contributed by atoms with Crippen LogP contribution in [0.5, 0.6) is 5.75 Å². The van der Waals surface area contributed by atoms with Gasteiger partial charge in [0.15, 0.2) is 11.9 Å². The Hall–Kier alpha value is -7.39. The number of rotatable bonds is 72. The fourth-order valence-electron chi connectivity index (χ4n) is 13.9. The number of carbonyl (C=O) groups is 10. The number of ether oxygens (including phenoxy) is 2. The summed E-state index contributed by atoms with van der Waals surface area (Å²) in [7, 11) is 0. The van der Waals surface area contributed by atoms with E-state index in [0.29, 0.717) is 24.8 Å². The lowest BCUT2D eigenvalue weighted by molar-refractivity contribution is -0.157. The molecule has 1 heterocycles. The van der Waals surface area contributed by atoms with Crippen LogP contribution >= 0.6 is 11.8 Å². The number of carbonyl (C=O) groups excluding carboxylic acids is 9. The maximum Gasteiger partial charge on any atom is 0.306 e. The number of phenolic OH excluding ortho intramolecular Hbond substituents is 1. The molecule has 1 aromatic carbocycles. The van der Waals surface area contributed by atoms with Gasteiger partial charge in [-0.25, -0.2) is 0 Å². The van der Waals surface area contributed by atoms with E-state index >= 15 is 4.79 Å². The van der Waals surface area contributed by atoms with Crippen molar-refractivity contribution >= 4 is 82.9 Å². The van der Waals surface area contributed by atoms with Gasteiger partial charge in [-0.15, -0.1) is 0 Å². The quantitative estimate of drug-likeness (QED) is 0.0125. The number of nitrogens with one attached hydrogen (secondary N) is 5. The Labute approximate surface area is 674 Å². The molecule has 1 saturated heterocycles. The fourth-order valence-corrected chi connectivity index (χ4v) is 14.9. The molecule has 0 aromatic heterocycles. The number of likely N-dealkylation sites (tertiary alicyclic amines) is 1. The largest absolute Gasteiger partial charge is 0.508 e. The number of carboxylic acid groups (broad SMARTS) is 1.